The third-order valence-electron chi connectivity index (χ3n) is 8.28. The molecule has 32 heavy (non-hydrogen) atoms. The number of carbonyl (C=O) groups is 1. The molecular weight excluding hydrogens is 396 g/mol. The first-order valence-electron chi connectivity index (χ1n) is 12.6. The zero-order valence-corrected chi connectivity index (χ0v) is 20.9. The summed E-state index contributed by atoms with van der Waals surface area (Å²) in [5.74, 6) is 1.41. The van der Waals surface area contributed by atoms with Gasteiger partial charge in [0.25, 0.3) is 0 Å². The Hall–Kier alpha value is -1.45. The maximum atomic E-state index is 12.3. The van der Waals surface area contributed by atoms with Crippen LogP contribution in [0.5, 0.6) is 0 Å². The van der Waals surface area contributed by atoms with Gasteiger partial charge in [0.15, 0.2) is 0 Å². The highest BCUT2D eigenvalue weighted by Crippen LogP contribution is 2.57. The molecule has 2 saturated carbocycles. The minimum atomic E-state index is -0.634. The first kappa shape index (κ1) is 25.2. The predicted molar refractivity (Wildman–Crippen MR) is 132 cm³/mol. The molecule has 0 aromatic carbocycles. The van der Waals surface area contributed by atoms with Crippen LogP contribution >= 0.6 is 0 Å². The van der Waals surface area contributed by atoms with Crippen LogP contribution in [0.4, 0.5) is 0 Å². The van der Waals surface area contributed by atoms with Crippen molar-refractivity contribution in [3.63, 3.8) is 0 Å². The molecule has 2 N–H and O–H groups in total. The van der Waals surface area contributed by atoms with Crippen LogP contribution in [-0.2, 0) is 4.79 Å². The molecule has 0 aromatic heterocycles. The molecule has 178 valence electrons. The Morgan fingerprint density at radius 2 is 2.03 bits per heavy atom. The quantitative estimate of drug-likeness (QED) is 0.465. The lowest BCUT2D eigenvalue weighted by molar-refractivity contribution is -0.126. The number of hydrogen-bond acceptors (Lipinski definition) is 3. The van der Waals surface area contributed by atoms with Gasteiger partial charge in [-0.05, 0) is 73.3 Å². The molecule has 0 saturated heterocycles. The van der Waals surface area contributed by atoms with Crippen LogP contribution in [0, 0.1) is 22.7 Å². The maximum absolute atomic E-state index is 12.3. The number of hydrogen-bond donors (Lipinski definition) is 2. The number of rotatable bonds is 6. The van der Waals surface area contributed by atoms with Gasteiger partial charge in [-0.2, -0.15) is 0 Å². The van der Waals surface area contributed by atoms with Crippen LogP contribution in [-0.4, -0.2) is 28.2 Å². The summed E-state index contributed by atoms with van der Waals surface area (Å²) in [6.45, 7) is 14.9. The van der Waals surface area contributed by atoms with Gasteiger partial charge in [-0.1, -0.05) is 70.6 Å². The van der Waals surface area contributed by atoms with Crippen LogP contribution in [0.3, 0.4) is 0 Å². The highest BCUT2D eigenvalue weighted by atomic mass is 16.3. The summed E-state index contributed by atoms with van der Waals surface area (Å²) in [7, 11) is 0. The fourth-order valence-corrected chi connectivity index (χ4v) is 6.18. The Morgan fingerprint density at radius 1 is 1.31 bits per heavy atom. The van der Waals surface area contributed by atoms with Crippen LogP contribution in [0.15, 0.2) is 47.1 Å². The topological polar surface area (TPSA) is 57.5 Å². The second kappa shape index (κ2) is 9.81. The molecule has 0 bridgehead atoms. The lowest BCUT2D eigenvalue weighted by Crippen LogP contribution is -2.32. The van der Waals surface area contributed by atoms with Crippen molar-refractivity contribution in [3.8, 4) is 0 Å². The van der Waals surface area contributed by atoms with Crippen molar-refractivity contribution in [2.75, 3.05) is 0 Å². The number of allylic oxidation sites excluding steroid dienone is 5. The van der Waals surface area contributed by atoms with Gasteiger partial charge in [0.05, 0.1) is 12.2 Å². The van der Waals surface area contributed by atoms with Crippen molar-refractivity contribution in [2.45, 2.75) is 105 Å². The zero-order valence-electron chi connectivity index (χ0n) is 20.9. The van der Waals surface area contributed by atoms with Crippen molar-refractivity contribution in [1.29, 1.82) is 0 Å². The van der Waals surface area contributed by atoms with Crippen molar-refractivity contribution in [3.05, 3.63) is 47.1 Å². The second-order valence-electron chi connectivity index (χ2n) is 11.8. The van der Waals surface area contributed by atoms with E-state index in [1.807, 2.05) is 20.8 Å². The standard InChI is InChI=1S/C29H44O3/c1-19(9-7-11-27(32)28(3,4)5)24-14-15-25-21(10-8-16-29(24,25)6)12-13-22-17-23(30)18-26(31)20(22)2/h12-14,19,23,25-26,30-31H,2,7-11,15-18H2,1,3-6H3/t19-,23-,25+,26+,29-/m1/s1. The summed E-state index contributed by atoms with van der Waals surface area (Å²) < 4.78 is 0. The van der Waals surface area contributed by atoms with Gasteiger partial charge in [-0.3, -0.25) is 4.79 Å². The molecule has 3 nitrogen and oxygen atoms in total. The van der Waals surface area contributed by atoms with Gasteiger partial charge in [0.1, 0.15) is 5.78 Å². The van der Waals surface area contributed by atoms with Gasteiger partial charge in [-0.25, -0.2) is 0 Å². The molecule has 2 fully saturated rings. The van der Waals surface area contributed by atoms with Crippen LogP contribution in [0.2, 0.25) is 0 Å². The third kappa shape index (κ3) is 5.37. The summed E-state index contributed by atoms with van der Waals surface area (Å²) in [6, 6.07) is 0. The molecule has 0 spiro atoms. The molecule has 3 heteroatoms. The number of aliphatic hydroxyl groups excluding tert-OH is 2. The van der Waals surface area contributed by atoms with E-state index in [4.69, 9.17) is 0 Å². The van der Waals surface area contributed by atoms with Gasteiger partial charge in [-0.15, -0.1) is 0 Å². The molecule has 0 aromatic rings. The largest absolute Gasteiger partial charge is 0.393 e. The van der Waals surface area contributed by atoms with Gasteiger partial charge in [0.2, 0.25) is 0 Å². The van der Waals surface area contributed by atoms with E-state index in [2.05, 4.69) is 38.7 Å². The molecular formula is C29H44O3. The maximum Gasteiger partial charge on any atom is 0.138 e. The van der Waals surface area contributed by atoms with Crippen LogP contribution in [0.25, 0.3) is 0 Å². The molecule has 3 aliphatic carbocycles. The summed E-state index contributed by atoms with van der Waals surface area (Å²) >= 11 is 0. The third-order valence-corrected chi connectivity index (χ3v) is 8.28. The van der Waals surface area contributed by atoms with E-state index in [-0.39, 0.29) is 10.8 Å². The summed E-state index contributed by atoms with van der Waals surface area (Å²) in [4.78, 5) is 12.3. The summed E-state index contributed by atoms with van der Waals surface area (Å²) in [5.41, 5.74) is 4.80. The van der Waals surface area contributed by atoms with Gasteiger partial charge < -0.3 is 10.2 Å². The Balaban J connectivity index is 1.68. The lowest BCUT2D eigenvalue weighted by Gasteiger charge is -2.42. The SMILES string of the molecule is C=C1C(=CC=C2CCC[C@]3(C)C([C@H](C)CCCC(=O)C(C)(C)C)=CC[C@@H]23)C[C@@H](O)C[C@@H]1O. The Labute approximate surface area is 195 Å². The van der Waals surface area contributed by atoms with Crippen LogP contribution < -0.4 is 0 Å². The van der Waals surface area contributed by atoms with E-state index >= 15 is 0 Å². The Kier molecular flexibility index (Phi) is 7.72. The lowest BCUT2D eigenvalue weighted by atomic mass is 9.62. The highest BCUT2D eigenvalue weighted by molar-refractivity contribution is 5.83. The average molecular weight is 441 g/mol. The number of aliphatic hydroxyl groups is 2. The van der Waals surface area contributed by atoms with Crippen molar-refractivity contribution in [2.24, 2.45) is 22.7 Å². The zero-order chi connectivity index (χ0) is 23.7. The molecule has 0 heterocycles. The fourth-order valence-electron chi connectivity index (χ4n) is 6.18. The predicted octanol–water partition coefficient (Wildman–Crippen LogP) is 6.47. The van der Waals surface area contributed by atoms with E-state index in [1.54, 1.807) is 5.57 Å². The van der Waals surface area contributed by atoms with Crippen molar-refractivity contribution >= 4 is 5.78 Å². The van der Waals surface area contributed by atoms with Gasteiger partial charge >= 0.3 is 0 Å². The minimum Gasteiger partial charge on any atom is -0.393 e. The molecule has 3 rings (SSSR count). The number of fused-ring (bicyclic) bond motifs is 1. The van der Waals surface area contributed by atoms with E-state index in [1.165, 1.54) is 18.4 Å². The van der Waals surface area contributed by atoms with Crippen molar-refractivity contribution in [1.82, 2.24) is 0 Å². The molecule has 0 unspecified atom stereocenters. The second-order valence-corrected chi connectivity index (χ2v) is 11.8. The molecule has 3 aliphatic rings. The normalized spacial score (nSPS) is 34.5. The Bertz CT molecular complexity index is 822. The van der Waals surface area contributed by atoms with Crippen molar-refractivity contribution < 1.29 is 15.0 Å². The van der Waals surface area contributed by atoms with E-state index in [0.29, 0.717) is 36.9 Å². The molecule has 0 aliphatic heterocycles. The van der Waals surface area contributed by atoms with Gasteiger partial charge in [0, 0.05) is 18.3 Å². The number of Topliss-reactive ketones (excluding diaryl/α,β-unsaturated/α-hetero) is 1. The number of ketones is 1. The first-order valence-corrected chi connectivity index (χ1v) is 12.6. The monoisotopic (exact) mass is 440 g/mol. The Morgan fingerprint density at radius 3 is 2.72 bits per heavy atom. The summed E-state index contributed by atoms with van der Waals surface area (Å²) in [6.07, 6.45) is 14.1. The highest BCUT2D eigenvalue weighted by Gasteiger charge is 2.45. The van der Waals surface area contributed by atoms with E-state index < -0.39 is 12.2 Å². The van der Waals surface area contributed by atoms with Crippen LogP contribution in [0.1, 0.15) is 92.4 Å². The van der Waals surface area contributed by atoms with E-state index in [9.17, 15) is 15.0 Å². The fraction of sp³-hybridized carbons (Fsp3) is 0.690. The molecule has 5 atom stereocenters. The minimum absolute atomic E-state index is 0.207. The van der Waals surface area contributed by atoms with E-state index in [0.717, 1.165) is 36.8 Å². The molecule has 0 radical (unpaired) electrons. The smallest absolute Gasteiger partial charge is 0.138 e. The average Bonchev–Trinajstić information content (AvgIpc) is 3.06. The molecule has 0 amide bonds. The first-order chi connectivity index (χ1) is 14.9. The number of carbonyl (C=O) groups excluding carboxylic acids is 1. The summed E-state index contributed by atoms with van der Waals surface area (Å²) in [5, 5.41) is 20.2.